The zero-order valence-corrected chi connectivity index (χ0v) is 14.2. The number of hydrogen-bond acceptors (Lipinski definition) is 4. The minimum atomic E-state index is -0.0319. The molecule has 2 atom stereocenters. The maximum absolute atomic E-state index is 5.90. The lowest BCUT2D eigenvalue weighted by Gasteiger charge is -2.15. The van der Waals surface area contributed by atoms with Gasteiger partial charge in [-0.1, -0.05) is 42.5 Å². The van der Waals surface area contributed by atoms with E-state index in [4.69, 9.17) is 9.15 Å². The minimum Gasteiger partial charge on any atom is -0.438 e. The fourth-order valence-electron chi connectivity index (χ4n) is 2.55. The van der Waals surface area contributed by atoms with E-state index in [-0.39, 0.29) is 12.1 Å². The largest absolute Gasteiger partial charge is 0.438 e. The number of ether oxygens (including phenoxy) is 1. The SMILES string of the molecule is CO[C@@H](C)c1cccc(N[C@@H](C)c2ncc(-c3ccccc3)o2)c1. The second kappa shape index (κ2) is 7.32. The molecule has 3 rings (SSSR count). The maximum atomic E-state index is 5.90. The third kappa shape index (κ3) is 3.66. The molecule has 0 aliphatic rings. The summed E-state index contributed by atoms with van der Waals surface area (Å²) < 4.78 is 11.3. The van der Waals surface area contributed by atoms with Crippen LogP contribution in [0.25, 0.3) is 11.3 Å². The van der Waals surface area contributed by atoms with Gasteiger partial charge in [-0.2, -0.15) is 0 Å². The highest BCUT2D eigenvalue weighted by atomic mass is 16.5. The summed E-state index contributed by atoms with van der Waals surface area (Å²) in [5.74, 6) is 1.44. The Morgan fingerprint density at radius 1 is 1.04 bits per heavy atom. The molecule has 124 valence electrons. The molecule has 2 aromatic carbocycles. The number of benzene rings is 2. The maximum Gasteiger partial charge on any atom is 0.217 e. The van der Waals surface area contributed by atoms with Gasteiger partial charge in [0.25, 0.3) is 0 Å². The van der Waals surface area contributed by atoms with Crippen molar-refractivity contribution in [2.24, 2.45) is 0 Å². The van der Waals surface area contributed by atoms with Crippen molar-refractivity contribution in [1.29, 1.82) is 0 Å². The third-order valence-corrected chi connectivity index (χ3v) is 4.05. The number of nitrogens with one attached hydrogen (secondary N) is 1. The molecule has 0 aliphatic heterocycles. The van der Waals surface area contributed by atoms with E-state index in [1.165, 1.54) is 0 Å². The Hall–Kier alpha value is -2.59. The average Bonchev–Trinajstić information content (AvgIpc) is 3.12. The summed E-state index contributed by atoms with van der Waals surface area (Å²) in [7, 11) is 1.71. The fourth-order valence-corrected chi connectivity index (χ4v) is 2.55. The Balaban J connectivity index is 1.74. The van der Waals surface area contributed by atoms with E-state index < -0.39 is 0 Å². The van der Waals surface area contributed by atoms with Crippen LogP contribution in [0.1, 0.15) is 37.4 Å². The number of hydrogen-bond donors (Lipinski definition) is 1. The number of anilines is 1. The smallest absolute Gasteiger partial charge is 0.217 e. The molecule has 0 amide bonds. The topological polar surface area (TPSA) is 47.3 Å². The molecular weight excluding hydrogens is 300 g/mol. The molecule has 24 heavy (non-hydrogen) atoms. The molecule has 0 fully saturated rings. The standard InChI is InChI=1S/C20H22N2O2/c1-14(22-18-11-7-10-17(12-18)15(2)23-3)20-21-13-19(24-20)16-8-5-4-6-9-16/h4-15,22H,1-3H3/t14-,15-/m0/s1. The van der Waals surface area contributed by atoms with Crippen LogP contribution in [0.15, 0.2) is 65.2 Å². The molecular formula is C20H22N2O2. The molecule has 0 unspecified atom stereocenters. The van der Waals surface area contributed by atoms with Crippen LogP contribution in [0.3, 0.4) is 0 Å². The zero-order valence-electron chi connectivity index (χ0n) is 14.2. The van der Waals surface area contributed by atoms with Crippen LogP contribution in [0.5, 0.6) is 0 Å². The summed E-state index contributed by atoms with van der Waals surface area (Å²) in [5.41, 5.74) is 3.18. The van der Waals surface area contributed by atoms with E-state index in [0.29, 0.717) is 5.89 Å². The molecule has 0 saturated heterocycles. The fraction of sp³-hybridized carbons (Fsp3) is 0.250. The number of oxazole rings is 1. The molecule has 1 heterocycles. The predicted molar refractivity (Wildman–Crippen MR) is 95.8 cm³/mol. The first-order valence-electron chi connectivity index (χ1n) is 8.08. The lowest BCUT2D eigenvalue weighted by Crippen LogP contribution is -2.07. The zero-order chi connectivity index (χ0) is 16.9. The van der Waals surface area contributed by atoms with Gasteiger partial charge < -0.3 is 14.5 Å². The van der Waals surface area contributed by atoms with Crippen molar-refractivity contribution in [3.63, 3.8) is 0 Å². The van der Waals surface area contributed by atoms with E-state index in [0.717, 1.165) is 22.6 Å². The summed E-state index contributed by atoms with van der Waals surface area (Å²) in [6.45, 7) is 4.07. The van der Waals surface area contributed by atoms with E-state index in [2.05, 4.69) is 22.4 Å². The quantitative estimate of drug-likeness (QED) is 0.675. The first-order chi connectivity index (χ1) is 11.7. The van der Waals surface area contributed by atoms with Gasteiger partial charge in [0.15, 0.2) is 5.76 Å². The molecule has 4 nitrogen and oxygen atoms in total. The summed E-state index contributed by atoms with van der Waals surface area (Å²) in [5, 5.41) is 3.43. The van der Waals surface area contributed by atoms with Gasteiger partial charge in [0.2, 0.25) is 5.89 Å². The average molecular weight is 322 g/mol. The summed E-state index contributed by atoms with van der Waals surface area (Å²) >= 11 is 0. The van der Waals surface area contributed by atoms with Crippen LogP contribution < -0.4 is 5.32 Å². The second-order valence-electron chi connectivity index (χ2n) is 5.80. The molecule has 3 aromatic rings. The number of nitrogens with zero attached hydrogens (tertiary/aromatic N) is 1. The number of methoxy groups -OCH3 is 1. The number of aromatic nitrogens is 1. The second-order valence-corrected chi connectivity index (χ2v) is 5.80. The highest BCUT2D eigenvalue weighted by Crippen LogP contribution is 2.26. The molecule has 0 radical (unpaired) electrons. The summed E-state index contributed by atoms with van der Waals surface area (Å²) in [4.78, 5) is 4.41. The van der Waals surface area contributed by atoms with Gasteiger partial charge in [-0.05, 0) is 31.5 Å². The van der Waals surface area contributed by atoms with Gasteiger partial charge in [0, 0.05) is 18.4 Å². The van der Waals surface area contributed by atoms with E-state index in [9.17, 15) is 0 Å². The Kier molecular flexibility index (Phi) is 4.96. The lowest BCUT2D eigenvalue weighted by atomic mass is 10.1. The normalized spacial score (nSPS) is 13.5. The van der Waals surface area contributed by atoms with Gasteiger partial charge >= 0.3 is 0 Å². The molecule has 1 N–H and O–H groups in total. The Bertz CT molecular complexity index is 783. The monoisotopic (exact) mass is 322 g/mol. The van der Waals surface area contributed by atoms with Crippen molar-refractivity contribution in [1.82, 2.24) is 4.98 Å². The van der Waals surface area contributed by atoms with Crippen LogP contribution in [0, 0.1) is 0 Å². The van der Waals surface area contributed by atoms with Crippen LogP contribution in [-0.4, -0.2) is 12.1 Å². The summed E-state index contributed by atoms with van der Waals surface area (Å²) in [6, 6.07) is 18.1. The Labute approximate surface area is 142 Å². The van der Waals surface area contributed by atoms with Crippen LogP contribution in [0.2, 0.25) is 0 Å². The molecule has 0 aliphatic carbocycles. The molecule has 0 bridgehead atoms. The third-order valence-electron chi connectivity index (χ3n) is 4.05. The minimum absolute atomic E-state index is 0.0319. The van der Waals surface area contributed by atoms with Crippen molar-refractivity contribution in [3.8, 4) is 11.3 Å². The Morgan fingerprint density at radius 3 is 2.58 bits per heavy atom. The van der Waals surface area contributed by atoms with Gasteiger partial charge in [-0.25, -0.2) is 4.98 Å². The highest BCUT2D eigenvalue weighted by Gasteiger charge is 2.14. The van der Waals surface area contributed by atoms with Crippen molar-refractivity contribution in [2.45, 2.75) is 26.0 Å². The molecule has 4 heteroatoms. The van der Waals surface area contributed by atoms with E-state index in [1.807, 2.05) is 56.3 Å². The van der Waals surface area contributed by atoms with Crippen LogP contribution in [-0.2, 0) is 4.74 Å². The van der Waals surface area contributed by atoms with Crippen LogP contribution >= 0.6 is 0 Å². The van der Waals surface area contributed by atoms with Crippen molar-refractivity contribution >= 4 is 5.69 Å². The first kappa shape index (κ1) is 16.3. The van der Waals surface area contributed by atoms with Crippen LogP contribution in [0.4, 0.5) is 5.69 Å². The van der Waals surface area contributed by atoms with Gasteiger partial charge in [-0.3, -0.25) is 0 Å². The Morgan fingerprint density at radius 2 is 1.83 bits per heavy atom. The first-order valence-corrected chi connectivity index (χ1v) is 8.08. The van der Waals surface area contributed by atoms with Gasteiger partial charge in [-0.15, -0.1) is 0 Å². The van der Waals surface area contributed by atoms with Gasteiger partial charge in [0.05, 0.1) is 12.3 Å². The molecule has 0 spiro atoms. The van der Waals surface area contributed by atoms with Crippen molar-refractivity contribution in [3.05, 3.63) is 72.2 Å². The molecule has 1 aromatic heterocycles. The lowest BCUT2D eigenvalue weighted by molar-refractivity contribution is 0.119. The van der Waals surface area contributed by atoms with Crippen molar-refractivity contribution < 1.29 is 9.15 Å². The predicted octanol–water partition coefficient (Wildman–Crippen LogP) is 5.22. The van der Waals surface area contributed by atoms with Crippen molar-refractivity contribution in [2.75, 3.05) is 12.4 Å². The highest BCUT2D eigenvalue weighted by molar-refractivity contribution is 5.56. The molecule has 0 saturated carbocycles. The van der Waals surface area contributed by atoms with Gasteiger partial charge in [0.1, 0.15) is 6.04 Å². The van der Waals surface area contributed by atoms with E-state index >= 15 is 0 Å². The van der Waals surface area contributed by atoms with E-state index in [1.54, 1.807) is 13.3 Å². The summed E-state index contributed by atoms with van der Waals surface area (Å²) in [6.07, 6.45) is 1.83. The number of rotatable bonds is 6.